The van der Waals surface area contributed by atoms with E-state index in [2.05, 4.69) is 49.0 Å². The van der Waals surface area contributed by atoms with Crippen molar-refractivity contribution in [1.82, 2.24) is 20.4 Å². The third-order valence-electron chi connectivity index (χ3n) is 6.03. The molecule has 174 valence electrons. The predicted molar refractivity (Wildman–Crippen MR) is 144 cm³/mol. The fourth-order valence-corrected chi connectivity index (χ4v) is 4.43. The number of hydrogen-bond acceptors (Lipinski definition) is 4. The molecule has 1 aromatic rings. The lowest BCUT2D eigenvalue weighted by Crippen LogP contribution is -2.49. The van der Waals surface area contributed by atoms with Gasteiger partial charge in [0, 0.05) is 76.2 Å². The van der Waals surface area contributed by atoms with Gasteiger partial charge in [-0.2, -0.15) is 0 Å². The van der Waals surface area contributed by atoms with Crippen molar-refractivity contribution in [2.45, 2.75) is 25.3 Å². The molecule has 31 heavy (non-hydrogen) atoms. The molecule has 0 radical (unpaired) electrons. The van der Waals surface area contributed by atoms with Crippen LogP contribution in [0.15, 0.2) is 41.9 Å². The first-order valence-electron chi connectivity index (χ1n) is 11.2. The number of aliphatic imine (C=N–C) groups is 1. The Bertz CT molecular complexity index is 684. The minimum Gasteiger partial charge on any atom is -0.369 e. The lowest BCUT2D eigenvalue weighted by Gasteiger charge is -2.36. The van der Waals surface area contributed by atoms with Crippen molar-refractivity contribution in [2.75, 3.05) is 70.9 Å². The van der Waals surface area contributed by atoms with Crippen LogP contribution in [0.4, 0.5) is 5.69 Å². The van der Waals surface area contributed by atoms with Gasteiger partial charge in [0.05, 0.1) is 0 Å². The zero-order valence-electron chi connectivity index (χ0n) is 18.7. The van der Waals surface area contributed by atoms with Crippen LogP contribution >= 0.6 is 35.6 Å². The van der Waals surface area contributed by atoms with E-state index in [0.717, 1.165) is 89.1 Å². The molecule has 0 aromatic heterocycles. The van der Waals surface area contributed by atoms with Gasteiger partial charge in [-0.05, 0) is 44.0 Å². The largest absolute Gasteiger partial charge is 0.369 e. The van der Waals surface area contributed by atoms with E-state index in [1.807, 2.05) is 25.3 Å². The van der Waals surface area contributed by atoms with Gasteiger partial charge in [-0.1, -0.05) is 23.7 Å². The van der Waals surface area contributed by atoms with Crippen LogP contribution in [-0.2, 0) is 0 Å². The van der Waals surface area contributed by atoms with E-state index in [4.69, 9.17) is 11.6 Å². The zero-order chi connectivity index (χ0) is 21.2. The van der Waals surface area contributed by atoms with Crippen LogP contribution in [0.5, 0.6) is 0 Å². The maximum absolute atomic E-state index is 6.13. The number of piperazine rings is 1. The van der Waals surface area contributed by atoms with Gasteiger partial charge < -0.3 is 15.5 Å². The summed E-state index contributed by atoms with van der Waals surface area (Å²) >= 11 is 6.13. The third-order valence-corrected chi connectivity index (χ3v) is 6.26. The molecule has 2 aliphatic heterocycles. The Labute approximate surface area is 210 Å². The molecular formula is C23H38ClIN6. The standard InChI is InChI=1S/C23H37ClN6.HI/c1-3-11-28-13-8-21(9-14-28)27-23(25-2)26-10-5-12-29-15-17-30(18-16-29)22-7-4-6-20(24)19-22;/h3-4,6-7,19,21H,1,5,8-18H2,2H3,(H2,25,26,27);1H. The lowest BCUT2D eigenvalue weighted by molar-refractivity contribution is 0.225. The summed E-state index contributed by atoms with van der Waals surface area (Å²) < 4.78 is 0. The molecule has 2 N–H and O–H groups in total. The Kier molecular flexibility index (Phi) is 12.0. The summed E-state index contributed by atoms with van der Waals surface area (Å²) in [5.41, 5.74) is 1.23. The van der Waals surface area contributed by atoms with Crippen LogP contribution in [-0.4, -0.2) is 87.8 Å². The summed E-state index contributed by atoms with van der Waals surface area (Å²) in [6, 6.07) is 8.68. The molecule has 3 rings (SSSR count). The van der Waals surface area contributed by atoms with E-state index >= 15 is 0 Å². The van der Waals surface area contributed by atoms with Gasteiger partial charge in [0.1, 0.15) is 0 Å². The Morgan fingerprint density at radius 2 is 1.90 bits per heavy atom. The maximum Gasteiger partial charge on any atom is 0.191 e. The van der Waals surface area contributed by atoms with Crippen molar-refractivity contribution < 1.29 is 0 Å². The zero-order valence-corrected chi connectivity index (χ0v) is 21.8. The quantitative estimate of drug-likeness (QED) is 0.168. The number of likely N-dealkylation sites (tertiary alicyclic amines) is 1. The molecule has 0 amide bonds. The van der Waals surface area contributed by atoms with E-state index in [1.54, 1.807) is 0 Å². The Hall–Kier alpha value is -1.03. The Morgan fingerprint density at radius 1 is 1.16 bits per heavy atom. The van der Waals surface area contributed by atoms with Gasteiger partial charge in [0.15, 0.2) is 5.96 Å². The highest BCUT2D eigenvalue weighted by atomic mass is 127. The monoisotopic (exact) mass is 560 g/mol. The second-order valence-electron chi connectivity index (χ2n) is 8.17. The number of rotatable bonds is 8. The number of piperidine rings is 1. The molecule has 1 aromatic carbocycles. The van der Waals surface area contributed by atoms with Crippen molar-refractivity contribution in [2.24, 2.45) is 4.99 Å². The summed E-state index contributed by atoms with van der Waals surface area (Å²) in [5, 5.41) is 7.89. The molecule has 0 unspecified atom stereocenters. The van der Waals surface area contributed by atoms with Gasteiger partial charge in [-0.25, -0.2) is 0 Å². The molecule has 8 heteroatoms. The second kappa shape index (κ2) is 14.2. The van der Waals surface area contributed by atoms with Crippen LogP contribution < -0.4 is 15.5 Å². The molecule has 0 aliphatic carbocycles. The first-order chi connectivity index (χ1) is 14.7. The van der Waals surface area contributed by atoms with E-state index in [1.165, 1.54) is 5.69 Å². The molecule has 2 heterocycles. The minimum atomic E-state index is 0. The van der Waals surface area contributed by atoms with Crippen LogP contribution in [0.2, 0.25) is 5.02 Å². The van der Waals surface area contributed by atoms with Crippen LogP contribution in [0.1, 0.15) is 19.3 Å². The van der Waals surface area contributed by atoms with Crippen molar-refractivity contribution in [3.05, 3.63) is 41.9 Å². The van der Waals surface area contributed by atoms with E-state index < -0.39 is 0 Å². The number of halogens is 2. The molecular weight excluding hydrogens is 523 g/mol. The highest BCUT2D eigenvalue weighted by Gasteiger charge is 2.19. The molecule has 2 saturated heterocycles. The van der Waals surface area contributed by atoms with Crippen molar-refractivity contribution in [3.8, 4) is 0 Å². The molecule has 2 aliphatic rings. The van der Waals surface area contributed by atoms with Crippen molar-refractivity contribution in [1.29, 1.82) is 0 Å². The molecule has 6 nitrogen and oxygen atoms in total. The number of nitrogens with one attached hydrogen (secondary N) is 2. The summed E-state index contributed by atoms with van der Waals surface area (Å²) in [7, 11) is 1.86. The highest BCUT2D eigenvalue weighted by Crippen LogP contribution is 2.20. The van der Waals surface area contributed by atoms with E-state index in [9.17, 15) is 0 Å². The average Bonchev–Trinajstić information content (AvgIpc) is 2.77. The number of guanidine groups is 1. The van der Waals surface area contributed by atoms with Crippen LogP contribution in [0, 0.1) is 0 Å². The molecule has 0 bridgehead atoms. The van der Waals surface area contributed by atoms with E-state index in [-0.39, 0.29) is 24.0 Å². The van der Waals surface area contributed by atoms with Crippen LogP contribution in [0.25, 0.3) is 0 Å². The maximum atomic E-state index is 6.13. The number of anilines is 1. The number of benzene rings is 1. The third kappa shape index (κ3) is 8.79. The lowest BCUT2D eigenvalue weighted by atomic mass is 10.1. The Morgan fingerprint density at radius 3 is 2.55 bits per heavy atom. The van der Waals surface area contributed by atoms with Gasteiger partial charge >= 0.3 is 0 Å². The fourth-order valence-electron chi connectivity index (χ4n) is 4.24. The summed E-state index contributed by atoms with van der Waals surface area (Å²) in [5.74, 6) is 0.933. The highest BCUT2D eigenvalue weighted by molar-refractivity contribution is 14.0. The molecule has 0 saturated carbocycles. The summed E-state index contributed by atoms with van der Waals surface area (Å²) in [6.45, 7) is 13.5. The molecule has 0 atom stereocenters. The van der Waals surface area contributed by atoms with Crippen molar-refractivity contribution in [3.63, 3.8) is 0 Å². The first-order valence-corrected chi connectivity index (χ1v) is 11.6. The van der Waals surface area contributed by atoms with Gasteiger partial charge in [-0.15, -0.1) is 30.6 Å². The molecule has 2 fully saturated rings. The number of hydrogen-bond donors (Lipinski definition) is 2. The average molecular weight is 561 g/mol. The first kappa shape index (κ1) is 26.2. The molecule has 0 spiro atoms. The smallest absolute Gasteiger partial charge is 0.191 e. The summed E-state index contributed by atoms with van der Waals surface area (Å²) in [6.07, 6.45) is 5.43. The van der Waals surface area contributed by atoms with Gasteiger partial charge in [0.2, 0.25) is 0 Å². The van der Waals surface area contributed by atoms with E-state index in [0.29, 0.717) is 6.04 Å². The Balaban J connectivity index is 0.00000341. The fraction of sp³-hybridized carbons (Fsp3) is 0.609. The van der Waals surface area contributed by atoms with Gasteiger partial charge in [0.25, 0.3) is 0 Å². The number of nitrogens with zero attached hydrogens (tertiary/aromatic N) is 4. The normalized spacial score (nSPS) is 19.0. The van der Waals surface area contributed by atoms with Crippen LogP contribution in [0.3, 0.4) is 0 Å². The SMILES string of the molecule is C=CCN1CCC(NC(=NC)NCCCN2CCN(c3cccc(Cl)c3)CC2)CC1.I. The van der Waals surface area contributed by atoms with Gasteiger partial charge in [-0.3, -0.25) is 14.8 Å². The predicted octanol–water partition coefficient (Wildman–Crippen LogP) is 3.29. The minimum absolute atomic E-state index is 0. The topological polar surface area (TPSA) is 46.1 Å². The van der Waals surface area contributed by atoms with Crippen molar-refractivity contribution >= 4 is 47.2 Å². The second-order valence-corrected chi connectivity index (χ2v) is 8.61. The summed E-state index contributed by atoms with van der Waals surface area (Å²) in [4.78, 5) is 11.8.